The molecule has 0 saturated heterocycles. The van der Waals surface area contributed by atoms with Crippen molar-refractivity contribution in [2.75, 3.05) is 10.2 Å². The van der Waals surface area contributed by atoms with Crippen molar-refractivity contribution in [3.05, 3.63) is 82.6 Å². The molecular weight excluding hydrogens is 358 g/mol. The number of nitrogens with one attached hydrogen (secondary N) is 1. The van der Waals surface area contributed by atoms with E-state index in [1.54, 1.807) is 18.5 Å². The Morgan fingerprint density at radius 3 is 2.81 bits per heavy atom. The summed E-state index contributed by atoms with van der Waals surface area (Å²) in [5, 5.41) is 3.52. The maximum atomic E-state index is 12.7. The number of aryl methyl sites for hydroxylation is 1. The fraction of sp³-hybridized carbons (Fsp3) is 0.182. The molecule has 1 amide bonds. The fourth-order valence-corrected chi connectivity index (χ4v) is 3.70. The lowest BCUT2D eigenvalue weighted by molar-refractivity contribution is 0.102. The Morgan fingerprint density at radius 2 is 2.00 bits per heavy atom. The molecule has 0 bridgehead atoms. The summed E-state index contributed by atoms with van der Waals surface area (Å²) < 4.78 is 0. The van der Waals surface area contributed by atoms with Gasteiger partial charge in [-0.25, -0.2) is 0 Å². The number of aromatic nitrogens is 1. The average molecular weight is 378 g/mol. The molecule has 5 heteroatoms. The van der Waals surface area contributed by atoms with Crippen molar-refractivity contribution in [3.63, 3.8) is 0 Å². The number of nitrogens with zero attached hydrogens (tertiary/aromatic N) is 2. The number of anilines is 3. The van der Waals surface area contributed by atoms with Crippen LogP contribution >= 0.6 is 11.6 Å². The van der Waals surface area contributed by atoms with Gasteiger partial charge in [-0.15, -0.1) is 0 Å². The van der Waals surface area contributed by atoms with Crippen molar-refractivity contribution < 1.29 is 4.79 Å². The second kappa shape index (κ2) is 7.05. The molecule has 1 aromatic heterocycles. The standard InChI is InChI=1S/C22H20ClN3O/c1-14-7-8-18(11-20(14)23)25-22(27)17-10-19(13-24-12-17)26-15(2)9-16-5-3-4-6-21(16)26/h3-8,10-13,15H,9H2,1-2H3,(H,25,27). The summed E-state index contributed by atoms with van der Waals surface area (Å²) in [6.07, 6.45) is 4.37. The van der Waals surface area contributed by atoms with Crippen LogP contribution in [0, 0.1) is 6.92 Å². The molecule has 0 saturated carbocycles. The molecule has 136 valence electrons. The molecule has 4 rings (SSSR count). The Morgan fingerprint density at radius 1 is 1.19 bits per heavy atom. The largest absolute Gasteiger partial charge is 0.337 e. The summed E-state index contributed by atoms with van der Waals surface area (Å²) in [5.41, 5.74) is 5.56. The van der Waals surface area contributed by atoms with Crippen molar-refractivity contribution >= 4 is 34.6 Å². The highest BCUT2D eigenvalue weighted by Crippen LogP contribution is 2.38. The molecule has 0 radical (unpaired) electrons. The average Bonchev–Trinajstić information content (AvgIpc) is 3.00. The molecule has 3 aromatic rings. The number of fused-ring (bicyclic) bond motifs is 1. The number of hydrogen-bond acceptors (Lipinski definition) is 3. The van der Waals surface area contributed by atoms with Crippen molar-refractivity contribution in [2.45, 2.75) is 26.3 Å². The van der Waals surface area contributed by atoms with E-state index in [1.165, 1.54) is 11.3 Å². The van der Waals surface area contributed by atoms with Gasteiger partial charge in [-0.05, 0) is 55.7 Å². The second-order valence-electron chi connectivity index (χ2n) is 6.90. The van der Waals surface area contributed by atoms with E-state index < -0.39 is 0 Å². The fourth-order valence-electron chi connectivity index (χ4n) is 3.52. The molecule has 0 fully saturated rings. The number of para-hydroxylation sites is 1. The summed E-state index contributed by atoms with van der Waals surface area (Å²) in [6.45, 7) is 4.11. The first-order valence-corrected chi connectivity index (χ1v) is 9.30. The molecular formula is C22H20ClN3O. The van der Waals surface area contributed by atoms with Crippen LogP contribution in [0.4, 0.5) is 17.1 Å². The minimum Gasteiger partial charge on any atom is -0.337 e. The minimum absolute atomic E-state index is 0.204. The van der Waals surface area contributed by atoms with E-state index in [0.717, 1.165) is 17.7 Å². The first-order valence-electron chi connectivity index (χ1n) is 8.92. The number of carbonyl (C=O) groups excluding carboxylic acids is 1. The van der Waals surface area contributed by atoms with Gasteiger partial charge in [-0.1, -0.05) is 35.9 Å². The van der Waals surface area contributed by atoms with Gasteiger partial charge < -0.3 is 10.2 Å². The van der Waals surface area contributed by atoms with E-state index in [-0.39, 0.29) is 5.91 Å². The van der Waals surface area contributed by atoms with Gasteiger partial charge in [0, 0.05) is 28.6 Å². The molecule has 1 aliphatic heterocycles. The number of benzene rings is 2. The maximum Gasteiger partial charge on any atom is 0.257 e. The Kier molecular flexibility index (Phi) is 4.58. The normalized spacial score (nSPS) is 15.5. The van der Waals surface area contributed by atoms with Crippen LogP contribution in [0.25, 0.3) is 0 Å². The van der Waals surface area contributed by atoms with E-state index in [1.807, 2.05) is 31.2 Å². The highest BCUT2D eigenvalue weighted by molar-refractivity contribution is 6.31. The number of pyridine rings is 1. The van der Waals surface area contributed by atoms with Crippen molar-refractivity contribution in [2.24, 2.45) is 0 Å². The summed E-state index contributed by atoms with van der Waals surface area (Å²) >= 11 is 6.15. The Balaban J connectivity index is 1.61. The van der Waals surface area contributed by atoms with E-state index in [0.29, 0.717) is 22.3 Å². The Hall–Kier alpha value is -2.85. The van der Waals surface area contributed by atoms with Crippen LogP contribution in [0.5, 0.6) is 0 Å². The lowest BCUT2D eigenvalue weighted by Crippen LogP contribution is -2.24. The van der Waals surface area contributed by atoms with Crippen LogP contribution in [0.3, 0.4) is 0 Å². The summed E-state index contributed by atoms with van der Waals surface area (Å²) in [7, 11) is 0. The van der Waals surface area contributed by atoms with Crippen LogP contribution in [0.1, 0.15) is 28.4 Å². The molecule has 1 aliphatic rings. The molecule has 0 aliphatic carbocycles. The van der Waals surface area contributed by atoms with Crippen LogP contribution in [0.2, 0.25) is 5.02 Å². The zero-order valence-corrected chi connectivity index (χ0v) is 16.0. The zero-order valence-electron chi connectivity index (χ0n) is 15.2. The quantitative estimate of drug-likeness (QED) is 0.666. The second-order valence-corrected chi connectivity index (χ2v) is 7.31. The third-order valence-corrected chi connectivity index (χ3v) is 5.31. The predicted molar refractivity (Wildman–Crippen MR) is 110 cm³/mol. The highest BCUT2D eigenvalue weighted by atomic mass is 35.5. The van der Waals surface area contributed by atoms with Gasteiger partial charge in [-0.3, -0.25) is 9.78 Å². The molecule has 27 heavy (non-hydrogen) atoms. The number of halogens is 1. The van der Waals surface area contributed by atoms with Crippen LogP contribution in [-0.2, 0) is 6.42 Å². The predicted octanol–water partition coefficient (Wildman–Crippen LogP) is 5.38. The molecule has 2 heterocycles. The lowest BCUT2D eigenvalue weighted by Gasteiger charge is -2.25. The first-order chi connectivity index (χ1) is 13.0. The molecule has 0 spiro atoms. The third kappa shape index (κ3) is 3.40. The van der Waals surface area contributed by atoms with E-state index in [9.17, 15) is 4.79 Å². The van der Waals surface area contributed by atoms with E-state index in [2.05, 4.69) is 40.3 Å². The zero-order chi connectivity index (χ0) is 19.0. The molecule has 1 unspecified atom stereocenters. The SMILES string of the molecule is Cc1ccc(NC(=O)c2cncc(N3c4ccccc4CC3C)c2)cc1Cl. The van der Waals surface area contributed by atoms with Crippen molar-refractivity contribution in [3.8, 4) is 0 Å². The Bertz CT molecular complexity index is 1020. The highest BCUT2D eigenvalue weighted by Gasteiger charge is 2.27. The molecule has 1 atom stereocenters. The van der Waals surface area contributed by atoms with Gasteiger partial charge in [0.2, 0.25) is 0 Å². The van der Waals surface area contributed by atoms with Gasteiger partial charge in [0.25, 0.3) is 5.91 Å². The number of carbonyl (C=O) groups is 1. The van der Waals surface area contributed by atoms with E-state index in [4.69, 9.17) is 11.6 Å². The topological polar surface area (TPSA) is 45.2 Å². The van der Waals surface area contributed by atoms with E-state index >= 15 is 0 Å². The van der Waals surface area contributed by atoms with Crippen LogP contribution in [-0.4, -0.2) is 16.9 Å². The smallest absolute Gasteiger partial charge is 0.257 e. The third-order valence-electron chi connectivity index (χ3n) is 4.90. The lowest BCUT2D eigenvalue weighted by atomic mass is 10.1. The van der Waals surface area contributed by atoms with Gasteiger partial charge >= 0.3 is 0 Å². The summed E-state index contributed by atoms with van der Waals surface area (Å²) in [4.78, 5) is 19.2. The summed E-state index contributed by atoms with van der Waals surface area (Å²) in [6, 6.07) is 16.0. The first kappa shape index (κ1) is 17.6. The molecule has 4 nitrogen and oxygen atoms in total. The van der Waals surface area contributed by atoms with Gasteiger partial charge in [0.1, 0.15) is 0 Å². The van der Waals surface area contributed by atoms with Crippen LogP contribution in [0.15, 0.2) is 60.9 Å². The Labute approximate surface area is 163 Å². The monoisotopic (exact) mass is 377 g/mol. The van der Waals surface area contributed by atoms with Crippen LogP contribution < -0.4 is 10.2 Å². The van der Waals surface area contributed by atoms with Crippen molar-refractivity contribution in [1.29, 1.82) is 0 Å². The molecule has 2 aromatic carbocycles. The van der Waals surface area contributed by atoms with Gasteiger partial charge in [-0.2, -0.15) is 0 Å². The molecule has 1 N–H and O–H groups in total. The summed E-state index contributed by atoms with van der Waals surface area (Å²) in [5.74, 6) is -0.204. The number of hydrogen-bond donors (Lipinski definition) is 1. The maximum absolute atomic E-state index is 12.7. The van der Waals surface area contributed by atoms with Gasteiger partial charge in [0.15, 0.2) is 0 Å². The minimum atomic E-state index is -0.204. The van der Waals surface area contributed by atoms with Gasteiger partial charge in [0.05, 0.1) is 17.4 Å². The number of rotatable bonds is 3. The van der Waals surface area contributed by atoms with Crippen molar-refractivity contribution in [1.82, 2.24) is 4.98 Å². The number of amides is 1.